The second-order valence-corrected chi connectivity index (χ2v) is 7.89. The Balaban J connectivity index is 1.60. The van der Waals surface area contributed by atoms with Gasteiger partial charge >= 0.3 is 0 Å². The summed E-state index contributed by atoms with van der Waals surface area (Å²) in [6.07, 6.45) is 1.67. The largest absolute Gasteiger partial charge is 0.457 e. The Labute approximate surface area is 189 Å². The Morgan fingerprint density at radius 3 is 2.50 bits per heavy atom. The van der Waals surface area contributed by atoms with Crippen molar-refractivity contribution in [3.05, 3.63) is 113 Å². The van der Waals surface area contributed by atoms with Crippen molar-refractivity contribution in [3.8, 4) is 11.3 Å². The average Bonchev–Trinajstić information content (AvgIpc) is 3.44. The molecule has 0 aliphatic carbocycles. The molecule has 0 spiro atoms. The number of halogens is 1. The lowest BCUT2D eigenvalue weighted by atomic mass is 10.0. The molecule has 0 bridgehead atoms. The normalized spacial score (nSPS) is 11.8. The van der Waals surface area contributed by atoms with Gasteiger partial charge in [0.15, 0.2) is 11.4 Å². The zero-order valence-corrected chi connectivity index (χ0v) is 18.0. The Kier molecular flexibility index (Phi) is 5.21. The topological polar surface area (TPSA) is 56.2 Å². The van der Waals surface area contributed by atoms with Crippen LogP contribution in [-0.2, 0) is 0 Å². The Bertz CT molecular complexity index is 1420. The van der Waals surface area contributed by atoms with Crippen molar-refractivity contribution in [3.63, 3.8) is 0 Å². The summed E-state index contributed by atoms with van der Waals surface area (Å²) in [6, 6.07) is 25.9. The van der Waals surface area contributed by atoms with Crippen LogP contribution in [0, 0.1) is 6.92 Å². The third kappa shape index (κ3) is 4.01. The summed E-state index contributed by atoms with van der Waals surface area (Å²) in [6.45, 7) is 1.98. The fourth-order valence-electron chi connectivity index (χ4n) is 3.44. The van der Waals surface area contributed by atoms with E-state index in [1.807, 2.05) is 67.6 Å². The van der Waals surface area contributed by atoms with Gasteiger partial charge in [-0.3, -0.25) is 4.79 Å². The summed E-state index contributed by atoms with van der Waals surface area (Å²) in [7, 11) is 0. The van der Waals surface area contributed by atoms with Crippen LogP contribution in [0.2, 0.25) is 5.02 Å². The van der Waals surface area contributed by atoms with E-state index in [0.717, 1.165) is 11.1 Å². The average molecular weight is 440 g/mol. The molecule has 0 amide bonds. The first-order valence-corrected chi connectivity index (χ1v) is 10.5. The van der Waals surface area contributed by atoms with Gasteiger partial charge in [-0.25, -0.2) is 4.98 Å². The van der Waals surface area contributed by atoms with Crippen molar-refractivity contribution in [2.24, 2.45) is 0 Å². The van der Waals surface area contributed by atoms with Crippen LogP contribution in [0.4, 0.5) is 0 Å². The lowest BCUT2D eigenvalue weighted by molar-refractivity contribution is 0.105. The van der Waals surface area contributed by atoms with E-state index < -0.39 is 0 Å². The van der Waals surface area contributed by atoms with Crippen molar-refractivity contribution in [1.29, 1.82) is 0 Å². The molecule has 4 nitrogen and oxygen atoms in total. The minimum atomic E-state index is -0.197. The predicted molar refractivity (Wildman–Crippen MR) is 127 cm³/mol. The molecule has 0 N–H and O–H groups in total. The Hall–Kier alpha value is -3.89. The third-order valence-corrected chi connectivity index (χ3v) is 5.34. The second-order valence-electron chi connectivity index (χ2n) is 7.45. The van der Waals surface area contributed by atoms with Gasteiger partial charge in [0.25, 0.3) is 0 Å². The highest BCUT2D eigenvalue weighted by Gasteiger charge is 2.21. The molecule has 0 radical (unpaired) electrons. The third-order valence-electron chi connectivity index (χ3n) is 5.11. The first-order valence-electron chi connectivity index (χ1n) is 10.1. The van der Waals surface area contributed by atoms with Crippen molar-refractivity contribution in [1.82, 2.24) is 4.98 Å². The molecular weight excluding hydrogens is 422 g/mol. The second kappa shape index (κ2) is 8.33. The molecule has 5 aromatic rings. The van der Waals surface area contributed by atoms with Crippen molar-refractivity contribution in [2.45, 2.75) is 6.92 Å². The van der Waals surface area contributed by atoms with Crippen LogP contribution in [0.1, 0.15) is 27.6 Å². The molecule has 0 unspecified atom stereocenters. The summed E-state index contributed by atoms with van der Waals surface area (Å²) >= 11 is 6.11. The zero-order valence-electron chi connectivity index (χ0n) is 17.2. The van der Waals surface area contributed by atoms with Gasteiger partial charge in [-0.15, -0.1) is 0 Å². The molecule has 2 heterocycles. The number of benzene rings is 3. The lowest BCUT2D eigenvalue weighted by Gasteiger charge is -2.04. The van der Waals surface area contributed by atoms with Crippen molar-refractivity contribution < 1.29 is 13.6 Å². The number of fused-ring (bicyclic) bond motifs is 1. The quantitative estimate of drug-likeness (QED) is 0.210. The number of aromatic nitrogens is 1. The predicted octanol–water partition coefficient (Wildman–Crippen LogP) is 7.47. The number of Topliss-reactive ketones (excluding diaryl/α,β-unsaturated/α-hetero) is 1. The van der Waals surface area contributed by atoms with Crippen LogP contribution in [-0.4, -0.2) is 10.8 Å². The van der Waals surface area contributed by atoms with E-state index in [1.165, 1.54) is 0 Å². The number of oxazole rings is 1. The minimum absolute atomic E-state index is 0.197. The molecule has 32 heavy (non-hydrogen) atoms. The molecule has 0 aliphatic rings. The number of ketones is 1. The van der Waals surface area contributed by atoms with Crippen LogP contribution < -0.4 is 0 Å². The molecular formula is C27H18ClNO3. The highest BCUT2D eigenvalue weighted by atomic mass is 35.5. The summed E-state index contributed by atoms with van der Waals surface area (Å²) in [5, 5.41) is 0.623. The van der Waals surface area contributed by atoms with Crippen LogP contribution in [0.15, 0.2) is 93.8 Å². The highest BCUT2D eigenvalue weighted by Crippen LogP contribution is 2.29. The smallest absolute Gasteiger partial charge is 0.231 e. The SMILES string of the molecule is Cc1ccc(C(=O)C(=Cc2ccc(-c3cccc(Cl)c3)o2)c2nc3ccccc3o2)cc1. The van der Waals surface area contributed by atoms with E-state index >= 15 is 0 Å². The molecule has 3 aromatic carbocycles. The van der Waals surface area contributed by atoms with Gasteiger partial charge in [0, 0.05) is 16.1 Å². The van der Waals surface area contributed by atoms with Gasteiger partial charge in [-0.05, 0) is 49.4 Å². The van der Waals surface area contributed by atoms with Gasteiger partial charge in [0.05, 0.1) is 5.57 Å². The number of aryl methyl sites for hydroxylation is 1. The van der Waals surface area contributed by atoms with Crippen LogP contribution in [0.3, 0.4) is 0 Å². The number of carbonyl (C=O) groups is 1. The lowest BCUT2D eigenvalue weighted by Crippen LogP contribution is -2.03. The van der Waals surface area contributed by atoms with Gasteiger partial charge in [-0.2, -0.15) is 0 Å². The van der Waals surface area contributed by atoms with Crippen LogP contribution in [0.25, 0.3) is 34.1 Å². The van der Waals surface area contributed by atoms with E-state index in [0.29, 0.717) is 38.8 Å². The van der Waals surface area contributed by atoms with Gasteiger partial charge in [0.1, 0.15) is 17.0 Å². The maximum Gasteiger partial charge on any atom is 0.231 e. The number of hydrogen-bond donors (Lipinski definition) is 0. The molecule has 0 saturated carbocycles. The van der Waals surface area contributed by atoms with Crippen molar-refractivity contribution >= 4 is 40.1 Å². The monoisotopic (exact) mass is 439 g/mol. The summed E-state index contributed by atoms with van der Waals surface area (Å²) in [5.41, 5.74) is 4.09. The van der Waals surface area contributed by atoms with E-state index in [9.17, 15) is 4.79 Å². The first kappa shape index (κ1) is 20.0. The van der Waals surface area contributed by atoms with Gasteiger partial charge in [0.2, 0.25) is 5.89 Å². The van der Waals surface area contributed by atoms with E-state index in [-0.39, 0.29) is 11.7 Å². The number of rotatable bonds is 5. The fraction of sp³-hybridized carbons (Fsp3) is 0.0370. The van der Waals surface area contributed by atoms with Crippen molar-refractivity contribution in [2.75, 3.05) is 0 Å². The number of hydrogen-bond acceptors (Lipinski definition) is 4. The molecule has 0 saturated heterocycles. The molecule has 2 aromatic heterocycles. The Morgan fingerprint density at radius 2 is 1.72 bits per heavy atom. The van der Waals surface area contributed by atoms with E-state index in [2.05, 4.69) is 4.98 Å². The minimum Gasteiger partial charge on any atom is -0.457 e. The summed E-state index contributed by atoms with van der Waals surface area (Å²) < 4.78 is 11.9. The Morgan fingerprint density at radius 1 is 0.906 bits per heavy atom. The molecule has 156 valence electrons. The number of allylic oxidation sites excluding steroid dienone is 1. The molecule has 5 heteroatoms. The van der Waals surface area contributed by atoms with Gasteiger partial charge in [-0.1, -0.05) is 65.7 Å². The molecule has 0 atom stereocenters. The zero-order chi connectivity index (χ0) is 22.1. The molecule has 0 fully saturated rings. The number of carbonyl (C=O) groups excluding carboxylic acids is 1. The first-order chi connectivity index (χ1) is 15.6. The number of furan rings is 1. The van der Waals surface area contributed by atoms with E-state index in [4.69, 9.17) is 20.4 Å². The standard InChI is InChI=1S/C27H18ClNO3/c1-17-9-11-18(12-10-17)26(30)22(27-29-23-7-2-3-8-25(23)32-27)16-21-13-14-24(31-21)19-5-4-6-20(28)15-19/h2-16H,1H3. The maximum atomic E-state index is 13.4. The summed E-state index contributed by atoms with van der Waals surface area (Å²) in [4.78, 5) is 18.0. The van der Waals surface area contributed by atoms with Crippen LogP contribution in [0.5, 0.6) is 0 Å². The van der Waals surface area contributed by atoms with Crippen LogP contribution >= 0.6 is 11.6 Å². The van der Waals surface area contributed by atoms with Gasteiger partial charge < -0.3 is 8.83 Å². The molecule has 5 rings (SSSR count). The number of para-hydroxylation sites is 2. The summed E-state index contributed by atoms with van der Waals surface area (Å²) in [5.74, 6) is 1.21. The van der Waals surface area contributed by atoms with E-state index in [1.54, 1.807) is 30.3 Å². The number of nitrogens with zero attached hydrogens (tertiary/aromatic N) is 1. The molecule has 0 aliphatic heterocycles. The highest BCUT2D eigenvalue weighted by molar-refractivity contribution is 6.31. The maximum absolute atomic E-state index is 13.4. The fourth-order valence-corrected chi connectivity index (χ4v) is 3.63.